The molecular weight excluding hydrogens is 462 g/mol. The van der Waals surface area contributed by atoms with Gasteiger partial charge in [0.15, 0.2) is 0 Å². The molecule has 0 saturated heterocycles. The normalized spacial score (nSPS) is 14.7. The first-order valence-corrected chi connectivity index (χ1v) is 12.2. The summed E-state index contributed by atoms with van der Waals surface area (Å²) in [5.41, 5.74) is 3.90. The van der Waals surface area contributed by atoms with Crippen LogP contribution >= 0.6 is 0 Å². The van der Waals surface area contributed by atoms with E-state index in [1.165, 1.54) is 6.07 Å². The summed E-state index contributed by atoms with van der Waals surface area (Å²) < 4.78 is 60.5. The van der Waals surface area contributed by atoms with Crippen LogP contribution in [-0.4, -0.2) is 28.6 Å². The van der Waals surface area contributed by atoms with E-state index < -0.39 is 22.7 Å². The third-order valence-electron chi connectivity index (χ3n) is 5.52. The Bertz CT molecular complexity index is 1310. The second-order valence-electron chi connectivity index (χ2n) is 8.00. The third-order valence-corrected chi connectivity index (χ3v) is 6.26. The second kappa shape index (κ2) is 9.44. The number of anilines is 1. The Morgan fingerprint density at radius 2 is 1.91 bits per heavy atom. The number of fused-ring (bicyclic) bond motifs is 3. The summed E-state index contributed by atoms with van der Waals surface area (Å²) in [5.74, 6) is 0.0100. The first kappa shape index (κ1) is 23.7. The first-order valence-electron chi connectivity index (χ1n) is 10.5. The fraction of sp³-hybridized carbons (Fsp3) is 0.200. The lowest BCUT2D eigenvalue weighted by molar-refractivity contribution is -0.0496. The number of nitrogens with zero attached hydrogens (tertiary/aromatic N) is 1. The van der Waals surface area contributed by atoms with Gasteiger partial charge >= 0.3 is 6.61 Å². The second-order valence-corrected chi connectivity index (χ2v) is 9.61. The van der Waals surface area contributed by atoms with Crippen molar-refractivity contribution in [3.8, 4) is 22.6 Å². The largest absolute Gasteiger partial charge is 0.480 e. The van der Waals surface area contributed by atoms with E-state index in [4.69, 9.17) is 14.6 Å². The van der Waals surface area contributed by atoms with E-state index in [1.807, 2.05) is 36.2 Å². The number of sulfonamides is 1. The lowest BCUT2D eigenvalue weighted by atomic mass is 9.88. The minimum Gasteiger partial charge on any atom is -0.480 e. The number of hydrogen-bond acceptors (Lipinski definition) is 5. The monoisotopic (exact) mass is 486 g/mol. The number of likely N-dealkylation sites (N-methyl/N-ethyl adjacent to an activating group) is 1. The first-order chi connectivity index (χ1) is 16.2. The van der Waals surface area contributed by atoms with E-state index in [2.05, 4.69) is 6.58 Å². The Hall–Kier alpha value is -3.43. The van der Waals surface area contributed by atoms with Crippen molar-refractivity contribution in [2.45, 2.75) is 18.5 Å². The van der Waals surface area contributed by atoms with Gasteiger partial charge in [0.1, 0.15) is 17.6 Å². The van der Waals surface area contributed by atoms with Crippen molar-refractivity contribution in [2.24, 2.45) is 5.14 Å². The number of alkyl halides is 2. The molecular formula is C25H24F2N2O4S. The van der Waals surface area contributed by atoms with E-state index >= 15 is 0 Å². The molecule has 34 heavy (non-hydrogen) atoms. The van der Waals surface area contributed by atoms with Crippen molar-refractivity contribution >= 4 is 15.7 Å². The molecule has 0 spiro atoms. The maximum absolute atomic E-state index is 13.1. The van der Waals surface area contributed by atoms with E-state index in [9.17, 15) is 17.2 Å². The summed E-state index contributed by atoms with van der Waals surface area (Å²) in [7, 11) is -1.82. The fourth-order valence-corrected chi connectivity index (χ4v) is 4.73. The maximum Gasteiger partial charge on any atom is 0.387 e. The molecule has 1 unspecified atom stereocenters. The van der Waals surface area contributed by atoms with Gasteiger partial charge in [-0.25, -0.2) is 13.6 Å². The van der Waals surface area contributed by atoms with Gasteiger partial charge in [-0.1, -0.05) is 42.5 Å². The quantitative estimate of drug-likeness (QED) is 0.461. The molecule has 1 aliphatic rings. The zero-order chi connectivity index (χ0) is 24.5. The Labute approximate surface area is 197 Å². The Morgan fingerprint density at radius 3 is 2.56 bits per heavy atom. The molecule has 0 fully saturated rings. The van der Waals surface area contributed by atoms with Crippen LogP contribution in [0.2, 0.25) is 0 Å². The van der Waals surface area contributed by atoms with Gasteiger partial charge in [0.25, 0.3) is 0 Å². The van der Waals surface area contributed by atoms with Crippen LogP contribution in [0.15, 0.2) is 73.3 Å². The standard InChI is InChI=1S/C25H24F2N2O4S/c1-3-13-29(2)18-10-8-17(9-11-18)24-20-14-16(15-34(28,30)31)7-12-19(20)23-21(32-24)5-4-6-22(23)33-25(26)27/h3-12,14,24-25H,1,13,15H2,2H3,(H2,28,30,31). The van der Waals surface area contributed by atoms with E-state index in [1.54, 1.807) is 36.4 Å². The van der Waals surface area contributed by atoms with Crippen molar-refractivity contribution < 1.29 is 26.7 Å². The third kappa shape index (κ3) is 5.05. The lowest BCUT2D eigenvalue weighted by Gasteiger charge is -2.31. The van der Waals surface area contributed by atoms with Gasteiger partial charge in [0.05, 0.1) is 11.3 Å². The van der Waals surface area contributed by atoms with Crippen molar-refractivity contribution in [1.82, 2.24) is 0 Å². The lowest BCUT2D eigenvalue weighted by Crippen LogP contribution is -2.19. The van der Waals surface area contributed by atoms with Crippen molar-refractivity contribution in [1.29, 1.82) is 0 Å². The van der Waals surface area contributed by atoms with Gasteiger partial charge in [-0.15, -0.1) is 6.58 Å². The molecule has 1 atom stereocenters. The van der Waals surface area contributed by atoms with Crippen LogP contribution in [-0.2, 0) is 15.8 Å². The predicted molar refractivity (Wildman–Crippen MR) is 128 cm³/mol. The predicted octanol–water partition coefficient (Wildman–Crippen LogP) is 4.85. The summed E-state index contributed by atoms with van der Waals surface area (Å²) in [6.07, 6.45) is 1.21. The van der Waals surface area contributed by atoms with E-state index in [0.717, 1.165) is 11.3 Å². The van der Waals surface area contributed by atoms with Crippen molar-refractivity contribution in [3.05, 3.63) is 90.0 Å². The number of halogens is 2. The van der Waals surface area contributed by atoms with Gasteiger partial charge in [-0.05, 0) is 41.0 Å². The molecule has 4 rings (SSSR count). The molecule has 0 amide bonds. The van der Waals surface area contributed by atoms with Crippen LogP contribution in [0.5, 0.6) is 11.5 Å². The zero-order valence-corrected chi connectivity index (χ0v) is 19.3. The van der Waals surface area contributed by atoms with Crippen LogP contribution in [0.25, 0.3) is 11.1 Å². The maximum atomic E-state index is 13.1. The van der Waals surface area contributed by atoms with Crippen LogP contribution in [0.3, 0.4) is 0 Å². The van der Waals surface area contributed by atoms with E-state index in [0.29, 0.717) is 34.5 Å². The van der Waals surface area contributed by atoms with Crippen molar-refractivity contribution in [2.75, 3.05) is 18.5 Å². The molecule has 2 N–H and O–H groups in total. The number of rotatable bonds is 8. The van der Waals surface area contributed by atoms with E-state index in [-0.39, 0.29) is 11.5 Å². The highest BCUT2D eigenvalue weighted by Crippen LogP contribution is 2.49. The number of nitrogens with two attached hydrogens (primary N) is 1. The topological polar surface area (TPSA) is 81.9 Å². The number of primary sulfonamides is 1. The van der Waals surface area contributed by atoms with Gasteiger partial charge in [0, 0.05) is 24.8 Å². The Balaban J connectivity index is 1.83. The molecule has 6 nitrogen and oxygen atoms in total. The summed E-state index contributed by atoms with van der Waals surface area (Å²) in [6, 6.07) is 17.4. The molecule has 1 heterocycles. The minimum atomic E-state index is -3.77. The Kier molecular flexibility index (Phi) is 6.58. The molecule has 0 aromatic heterocycles. The van der Waals surface area contributed by atoms with Gasteiger partial charge in [0.2, 0.25) is 10.0 Å². The Morgan fingerprint density at radius 1 is 1.18 bits per heavy atom. The highest BCUT2D eigenvalue weighted by molar-refractivity contribution is 7.88. The molecule has 0 bridgehead atoms. The SMILES string of the molecule is C=CCN(C)c1ccc(C2Oc3cccc(OC(F)F)c3-c3ccc(CS(N)(=O)=O)cc32)cc1. The van der Waals surface area contributed by atoms with Gasteiger partial charge in [-0.3, -0.25) is 0 Å². The number of ether oxygens (including phenoxy) is 2. The molecule has 3 aromatic rings. The summed E-state index contributed by atoms with van der Waals surface area (Å²) in [5, 5.41) is 5.24. The summed E-state index contributed by atoms with van der Waals surface area (Å²) in [4.78, 5) is 2.03. The zero-order valence-electron chi connectivity index (χ0n) is 18.4. The summed E-state index contributed by atoms with van der Waals surface area (Å²) >= 11 is 0. The molecule has 178 valence electrons. The molecule has 3 aromatic carbocycles. The van der Waals surface area contributed by atoms with Crippen LogP contribution in [0.4, 0.5) is 14.5 Å². The minimum absolute atomic E-state index is 0.0206. The molecule has 0 aliphatic carbocycles. The van der Waals surface area contributed by atoms with Crippen LogP contribution in [0, 0.1) is 0 Å². The highest BCUT2D eigenvalue weighted by Gasteiger charge is 2.31. The average molecular weight is 487 g/mol. The molecule has 0 saturated carbocycles. The number of benzene rings is 3. The summed E-state index contributed by atoms with van der Waals surface area (Å²) in [6.45, 7) is 1.43. The average Bonchev–Trinajstić information content (AvgIpc) is 2.77. The molecule has 1 aliphatic heterocycles. The van der Waals surface area contributed by atoms with Crippen LogP contribution < -0.4 is 19.5 Å². The fourth-order valence-electron chi connectivity index (χ4n) is 4.09. The molecule has 9 heteroatoms. The highest BCUT2D eigenvalue weighted by atomic mass is 32.2. The molecule has 0 radical (unpaired) electrons. The van der Waals surface area contributed by atoms with Gasteiger partial charge < -0.3 is 14.4 Å². The van der Waals surface area contributed by atoms with Crippen LogP contribution in [0.1, 0.15) is 22.8 Å². The number of hydrogen-bond donors (Lipinski definition) is 1. The van der Waals surface area contributed by atoms with Crippen molar-refractivity contribution in [3.63, 3.8) is 0 Å². The smallest absolute Gasteiger partial charge is 0.387 e. The van der Waals surface area contributed by atoms with Gasteiger partial charge in [-0.2, -0.15) is 8.78 Å².